The molecule has 1 N–H and O–H groups in total. The Bertz CT molecular complexity index is 863. The van der Waals surface area contributed by atoms with Gasteiger partial charge in [0.2, 0.25) is 6.10 Å². The summed E-state index contributed by atoms with van der Waals surface area (Å²) >= 11 is 6.10. The first-order valence-electron chi connectivity index (χ1n) is 7.44. The molecule has 1 aliphatic rings. The molecular formula is C18H12ClF3O4. The van der Waals surface area contributed by atoms with Gasteiger partial charge in [0.15, 0.2) is 0 Å². The van der Waals surface area contributed by atoms with Crippen molar-refractivity contribution in [2.45, 2.75) is 18.9 Å². The van der Waals surface area contributed by atoms with Gasteiger partial charge in [0, 0.05) is 11.6 Å². The molecule has 0 amide bonds. The first kappa shape index (κ1) is 18.1. The van der Waals surface area contributed by atoms with Gasteiger partial charge in [-0.15, -0.1) is 0 Å². The standard InChI is InChI=1S/C18H12ClF3O4/c19-13-7-11-6-12(17(23)24)16(18(20,21)22)26-14(11)8-15(13)25-9-10-4-2-1-3-5-10/h1-8,16H,9H2,(H,23,24). The molecule has 0 aromatic heterocycles. The van der Waals surface area contributed by atoms with Gasteiger partial charge < -0.3 is 14.6 Å². The molecule has 0 saturated carbocycles. The van der Waals surface area contributed by atoms with E-state index in [-0.39, 0.29) is 28.7 Å². The van der Waals surface area contributed by atoms with E-state index in [4.69, 9.17) is 26.2 Å². The molecule has 3 rings (SSSR count). The SMILES string of the molecule is O=C(O)C1=Cc2cc(Cl)c(OCc3ccccc3)cc2OC1C(F)(F)F. The van der Waals surface area contributed by atoms with Gasteiger partial charge in [0.25, 0.3) is 0 Å². The third-order valence-electron chi connectivity index (χ3n) is 3.68. The van der Waals surface area contributed by atoms with Crippen molar-refractivity contribution in [2.24, 2.45) is 0 Å². The maximum Gasteiger partial charge on any atom is 0.430 e. The Morgan fingerprint density at radius 2 is 1.92 bits per heavy atom. The number of alkyl halides is 3. The Kier molecular flexibility index (Phi) is 4.82. The van der Waals surface area contributed by atoms with Crippen LogP contribution in [0.5, 0.6) is 11.5 Å². The molecule has 4 nitrogen and oxygen atoms in total. The van der Waals surface area contributed by atoms with E-state index >= 15 is 0 Å². The van der Waals surface area contributed by atoms with Gasteiger partial charge in [-0.1, -0.05) is 41.9 Å². The third kappa shape index (κ3) is 3.77. The van der Waals surface area contributed by atoms with E-state index in [1.54, 1.807) is 0 Å². The fourth-order valence-corrected chi connectivity index (χ4v) is 2.69. The Hall–Kier alpha value is -2.67. The number of halogens is 4. The van der Waals surface area contributed by atoms with E-state index in [1.165, 1.54) is 12.1 Å². The number of rotatable bonds is 4. The van der Waals surface area contributed by atoms with Gasteiger partial charge >= 0.3 is 12.1 Å². The Morgan fingerprint density at radius 3 is 2.54 bits per heavy atom. The summed E-state index contributed by atoms with van der Waals surface area (Å²) in [5.74, 6) is -1.72. The van der Waals surface area contributed by atoms with Crippen LogP contribution in [-0.2, 0) is 11.4 Å². The zero-order valence-electron chi connectivity index (χ0n) is 13.1. The van der Waals surface area contributed by atoms with Crippen LogP contribution >= 0.6 is 11.6 Å². The Balaban J connectivity index is 1.91. The first-order chi connectivity index (χ1) is 12.3. The lowest BCUT2D eigenvalue weighted by Crippen LogP contribution is -2.40. The fourth-order valence-electron chi connectivity index (χ4n) is 2.46. The quantitative estimate of drug-likeness (QED) is 0.829. The molecule has 2 aromatic rings. The number of benzene rings is 2. The van der Waals surface area contributed by atoms with Crippen LogP contribution in [0.25, 0.3) is 6.08 Å². The minimum Gasteiger partial charge on any atom is -0.487 e. The lowest BCUT2D eigenvalue weighted by atomic mass is 10.0. The normalized spacial score (nSPS) is 16.3. The van der Waals surface area contributed by atoms with Crippen LogP contribution in [0.4, 0.5) is 13.2 Å². The number of aliphatic carboxylic acids is 1. The second kappa shape index (κ2) is 6.92. The van der Waals surface area contributed by atoms with Crippen molar-refractivity contribution < 1.29 is 32.5 Å². The average Bonchev–Trinajstić information content (AvgIpc) is 2.59. The van der Waals surface area contributed by atoms with Crippen LogP contribution in [0.1, 0.15) is 11.1 Å². The number of fused-ring (bicyclic) bond motifs is 1. The summed E-state index contributed by atoms with van der Waals surface area (Å²) in [6, 6.07) is 11.7. The van der Waals surface area contributed by atoms with Crippen molar-refractivity contribution >= 4 is 23.6 Å². The number of carboxylic acid groups (broad SMARTS) is 1. The molecule has 0 saturated heterocycles. The van der Waals surface area contributed by atoms with Crippen molar-refractivity contribution in [1.29, 1.82) is 0 Å². The topological polar surface area (TPSA) is 55.8 Å². The summed E-state index contributed by atoms with van der Waals surface area (Å²) in [4.78, 5) is 11.1. The third-order valence-corrected chi connectivity index (χ3v) is 3.98. The van der Waals surface area contributed by atoms with Gasteiger partial charge in [-0.25, -0.2) is 4.79 Å². The smallest absolute Gasteiger partial charge is 0.430 e. The zero-order chi connectivity index (χ0) is 18.9. The molecule has 0 spiro atoms. The molecule has 2 aromatic carbocycles. The zero-order valence-corrected chi connectivity index (χ0v) is 13.8. The molecule has 1 unspecified atom stereocenters. The molecule has 8 heteroatoms. The highest BCUT2D eigenvalue weighted by atomic mass is 35.5. The number of carboxylic acids is 1. The average molecular weight is 385 g/mol. The Morgan fingerprint density at radius 1 is 1.23 bits per heavy atom. The van der Waals surface area contributed by atoms with Crippen molar-refractivity contribution in [3.05, 3.63) is 64.2 Å². The molecule has 1 atom stereocenters. The number of hydrogen-bond donors (Lipinski definition) is 1. The van der Waals surface area contributed by atoms with E-state index in [2.05, 4.69) is 0 Å². The van der Waals surface area contributed by atoms with Crippen molar-refractivity contribution in [2.75, 3.05) is 0 Å². The van der Waals surface area contributed by atoms with Crippen molar-refractivity contribution in [1.82, 2.24) is 0 Å². The number of ether oxygens (including phenoxy) is 2. The van der Waals surface area contributed by atoms with Crippen LogP contribution in [-0.4, -0.2) is 23.4 Å². The Labute approximate surface area is 151 Å². The summed E-state index contributed by atoms with van der Waals surface area (Å²) in [6.45, 7) is 0.165. The number of hydrogen-bond acceptors (Lipinski definition) is 3. The number of carbonyl (C=O) groups is 1. The molecule has 1 aliphatic heterocycles. The molecule has 1 heterocycles. The van der Waals surface area contributed by atoms with Crippen LogP contribution in [0.2, 0.25) is 5.02 Å². The predicted molar refractivity (Wildman–Crippen MR) is 88.3 cm³/mol. The van der Waals surface area contributed by atoms with Gasteiger partial charge in [0.1, 0.15) is 18.1 Å². The highest BCUT2D eigenvalue weighted by Gasteiger charge is 2.48. The van der Waals surface area contributed by atoms with E-state index in [1.807, 2.05) is 30.3 Å². The highest BCUT2D eigenvalue weighted by molar-refractivity contribution is 6.32. The maximum absolute atomic E-state index is 13.1. The lowest BCUT2D eigenvalue weighted by molar-refractivity contribution is -0.187. The molecule has 26 heavy (non-hydrogen) atoms. The summed E-state index contributed by atoms with van der Waals surface area (Å²) in [5, 5.41) is 9.16. The summed E-state index contributed by atoms with van der Waals surface area (Å²) < 4.78 is 49.8. The largest absolute Gasteiger partial charge is 0.487 e. The fraction of sp³-hybridized carbons (Fsp3) is 0.167. The molecule has 136 valence electrons. The van der Waals surface area contributed by atoms with Gasteiger partial charge in [-0.05, 0) is 17.7 Å². The summed E-state index contributed by atoms with van der Waals surface area (Å²) in [6.07, 6.45) is -6.52. The monoisotopic (exact) mass is 384 g/mol. The van der Waals surface area contributed by atoms with Crippen molar-refractivity contribution in [3.63, 3.8) is 0 Å². The summed E-state index contributed by atoms with van der Waals surface area (Å²) in [7, 11) is 0. The molecule has 0 radical (unpaired) electrons. The minimum absolute atomic E-state index is 0.134. The second-order valence-electron chi connectivity index (χ2n) is 5.54. The predicted octanol–water partition coefficient (Wildman–Crippen LogP) is 4.71. The van der Waals surface area contributed by atoms with Gasteiger partial charge in [0.05, 0.1) is 10.6 Å². The maximum atomic E-state index is 13.1. The molecule has 0 aliphatic carbocycles. The van der Waals surface area contributed by atoms with E-state index in [0.29, 0.717) is 0 Å². The molecule has 0 bridgehead atoms. The first-order valence-corrected chi connectivity index (χ1v) is 7.82. The van der Waals surface area contributed by atoms with Crippen LogP contribution in [0.3, 0.4) is 0 Å². The van der Waals surface area contributed by atoms with Crippen LogP contribution in [0.15, 0.2) is 48.0 Å². The van der Waals surface area contributed by atoms with Crippen molar-refractivity contribution in [3.8, 4) is 11.5 Å². The highest BCUT2D eigenvalue weighted by Crippen LogP contribution is 2.41. The molecule has 0 fully saturated rings. The van der Waals surface area contributed by atoms with Crippen LogP contribution < -0.4 is 9.47 Å². The second-order valence-corrected chi connectivity index (χ2v) is 5.95. The lowest BCUT2D eigenvalue weighted by Gasteiger charge is -2.27. The minimum atomic E-state index is -4.87. The van der Waals surface area contributed by atoms with Crippen LogP contribution in [0, 0.1) is 0 Å². The van der Waals surface area contributed by atoms with E-state index in [0.717, 1.165) is 11.6 Å². The summed E-state index contributed by atoms with van der Waals surface area (Å²) in [5.41, 5.74) is 0.0856. The van der Waals surface area contributed by atoms with E-state index < -0.39 is 23.8 Å². The van der Waals surface area contributed by atoms with E-state index in [9.17, 15) is 18.0 Å². The van der Waals surface area contributed by atoms with Gasteiger partial charge in [-0.3, -0.25) is 0 Å². The molecular weight excluding hydrogens is 373 g/mol. The van der Waals surface area contributed by atoms with Gasteiger partial charge in [-0.2, -0.15) is 13.2 Å².